The summed E-state index contributed by atoms with van der Waals surface area (Å²) in [5, 5.41) is 7.11. The number of hydrogen-bond acceptors (Lipinski definition) is 5. The van der Waals surface area contributed by atoms with Crippen LogP contribution < -0.4 is 11.1 Å². The highest BCUT2D eigenvalue weighted by Gasteiger charge is 2.31. The Bertz CT molecular complexity index is 1210. The molecule has 41 heavy (non-hydrogen) atoms. The van der Waals surface area contributed by atoms with E-state index in [4.69, 9.17) is 5.73 Å². The molecule has 1 fully saturated rings. The van der Waals surface area contributed by atoms with Crippen molar-refractivity contribution in [1.29, 1.82) is 0 Å². The van der Waals surface area contributed by atoms with E-state index in [0.29, 0.717) is 18.9 Å². The number of nitrogens with one attached hydrogen (secondary N) is 2. The van der Waals surface area contributed by atoms with Crippen LogP contribution in [-0.4, -0.2) is 84.4 Å². The van der Waals surface area contributed by atoms with E-state index in [2.05, 4.69) is 34.6 Å². The summed E-state index contributed by atoms with van der Waals surface area (Å²) in [5.74, 6) is 0.0936. The first-order chi connectivity index (χ1) is 19.7. The molecule has 3 atom stereocenters. The largest absolute Gasteiger partial charge is 0.361 e. The number of amides is 3. The lowest BCUT2D eigenvalue weighted by Crippen LogP contribution is -2.54. The number of aromatic amines is 1. The quantitative estimate of drug-likeness (QED) is 0.271. The molecule has 0 radical (unpaired) electrons. The zero-order valence-corrected chi connectivity index (χ0v) is 25.5. The smallest absolute Gasteiger partial charge is 0.245 e. The number of nitrogens with two attached hydrogens (primary N) is 1. The van der Waals surface area contributed by atoms with Crippen molar-refractivity contribution in [2.45, 2.75) is 58.5 Å². The number of fused-ring (bicyclic) bond motifs is 1. The topological polar surface area (TPSA) is 115 Å². The Labute approximate surface area is 245 Å². The minimum absolute atomic E-state index is 0.0259. The maximum absolute atomic E-state index is 13.6. The van der Waals surface area contributed by atoms with E-state index >= 15 is 0 Å². The standard InChI is InChI=1S/C26H32N4O2.C4H10N2O.C2H6/c1-18(27)25(31)29-24(15-21-16-28-23-12-6-5-11-22(21)23)26(32)30-13-7-10-20(17-30)14-19-8-3-2-4-9-19;1-5(2)6(3)4-7;1-2/h2-6,8-9,11-12,16,18,20,24,28H,7,10,13-15,17,27H2,1H3,(H,29,31);4H,1-3H3;1-2H3/t18?,20-,24+;;/m0../s1. The van der Waals surface area contributed by atoms with Crippen molar-refractivity contribution in [3.63, 3.8) is 0 Å². The van der Waals surface area contributed by atoms with E-state index in [-0.39, 0.29) is 11.8 Å². The molecule has 4 rings (SSSR count). The van der Waals surface area contributed by atoms with Crippen molar-refractivity contribution < 1.29 is 14.4 Å². The second-order valence-electron chi connectivity index (χ2n) is 10.4. The van der Waals surface area contributed by atoms with Crippen molar-refractivity contribution in [3.8, 4) is 0 Å². The molecule has 1 aromatic heterocycles. The summed E-state index contributed by atoms with van der Waals surface area (Å²) in [5.41, 5.74) is 9.13. The molecule has 3 amide bonds. The molecule has 1 aliphatic rings. The predicted molar refractivity (Wildman–Crippen MR) is 166 cm³/mol. The second-order valence-corrected chi connectivity index (χ2v) is 10.4. The van der Waals surface area contributed by atoms with E-state index in [1.54, 1.807) is 33.1 Å². The van der Waals surface area contributed by atoms with E-state index in [0.717, 1.165) is 48.7 Å². The Morgan fingerprint density at radius 2 is 1.76 bits per heavy atom. The molecule has 9 nitrogen and oxygen atoms in total. The van der Waals surface area contributed by atoms with Crippen molar-refractivity contribution in [3.05, 3.63) is 71.9 Å². The van der Waals surface area contributed by atoms with Crippen LogP contribution in [0.25, 0.3) is 10.9 Å². The number of nitrogens with zero attached hydrogens (tertiary/aromatic N) is 3. The lowest BCUT2D eigenvalue weighted by atomic mass is 9.90. The zero-order valence-electron chi connectivity index (χ0n) is 25.5. The third-order valence-corrected chi connectivity index (χ3v) is 7.11. The molecular weight excluding hydrogens is 516 g/mol. The van der Waals surface area contributed by atoms with Gasteiger partial charge in [-0.05, 0) is 49.3 Å². The maximum Gasteiger partial charge on any atom is 0.245 e. The average molecular weight is 565 g/mol. The molecule has 9 heteroatoms. The first kappa shape index (κ1) is 33.5. The van der Waals surface area contributed by atoms with Crippen LogP contribution >= 0.6 is 0 Å². The summed E-state index contributed by atoms with van der Waals surface area (Å²) in [6.45, 7) is 7.08. The molecule has 2 heterocycles. The maximum atomic E-state index is 13.6. The second kappa shape index (κ2) is 17.2. The molecule has 1 saturated heterocycles. The molecule has 4 N–H and O–H groups in total. The number of H-pyrrole nitrogens is 1. The first-order valence-electron chi connectivity index (χ1n) is 14.5. The van der Waals surface area contributed by atoms with Crippen LogP contribution in [0.2, 0.25) is 0 Å². The van der Waals surface area contributed by atoms with Crippen molar-refractivity contribution in [1.82, 2.24) is 25.2 Å². The minimum Gasteiger partial charge on any atom is -0.361 e. The molecule has 0 aliphatic carbocycles. The van der Waals surface area contributed by atoms with E-state index in [1.165, 1.54) is 10.6 Å². The number of hydrazine groups is 1. The van der Waals surface area contributed by atoms with Crippen molar-refractivity contribution in [2.24, 2.45) is 11.7 Å². The van der Waals surface area contributed by atoms with Crippen LogP contribution in [0.15, 0.2) is 60.8 Å². The summed E-state index contributed by atoms with van der Waals surface area (Å²) in [4.78, 5) is 41.0. The Kier molecular flexibility index (Phi) is 14.1. The van der Waals surface area contributed by atoms with E-state index < -0.39 is 12.1 Å². The summed E-state index contributed by atoms with van der Waals surface area (Å²) >= 11 is 0. The van der Waals surface area contributed by atoms with Gasteiger partial charge in [0.1, 0.15) is 6.04 Å². The normalized spacial score (nSPS) is 16.0. The number of carbonyl (C=O) groups excluding carboxylic acids is 3. The van der Waals surface area contributed by atoms with Crippen LogP contribution in [-0.2, 0) is 27.2 Å². The van der Waals surface area contributed by atoms with Gasteiger partial charge in [0.2, 0.25) is 18.2 Å². The highest BCUT2D eigenvalue weighted by atomic mass is 16.2. The van der Waals surface area contributed by atoms with Gasteiger partial charge in [0, 0.05) is 57.8 Å². The highest BCUT2D eigenvalue weighted by Crippen LogP contribution is 2.23. The number of rotatable bonds is 9. The van der Waals surface area contributed by atoms with Crippen molar-refractivity contribution >= 4 is 29.1 Å². The number of hydrogen-bond donors (Lipinski definition) is 3. The van der Waals surface area contributed by atoms with Gasteiger partial charge in [-0.1, -0.05) is 62.4 Å². The molecule has 0 spiro atoms. The van der Waals surface area contributed by atoms with E-state index in [9.17, 15) is 14.4 Å². The minimum atomic E-state index is -0.666. The summed E-state index contributed by atoms with van der Waals surface area (Å²) < 4.78 is 0. The fourth-order valence-corrected chi connectivity index (χ4v) is 4.72. The summed E-state index contributed by atoms with van der Waals surface area (Å²) in [7, 11) is 5.29. The summed E-state index contributed by atoms with van der Waals surface area (Å²) in [6, 6.07) is 17.1. The number of para-hydroxylation sites is 1. The summed E-state index contributed by atoms with van der Waals surface area (Å²) in [6.07, 6.45) is 6.16. The number of carbonyl (C=O) groups is 3. The number of likely N-dealkylation sites (tertiary alicyclic amines) is 1. The van der Waals surface area contributed by atoms with Gasteiger partial charge in [0.05, 0.1) is 6.04 Å². The van der Waals surface area contributed by atoms with E-state index in [1.807, 2.05) is 55.3 Å². The van der Waals surface area contributed by atoms with Crippen LogP contribution in [0.1, 0.15) is 44.7 Å². The van der Waals surface area contributed by atoms with Gasteiger partial charge in [-0.2, -0.15) is 0 Å². The average Bonchev–Trinajstić information content (AvgIpc) is 3.40. The Hall–Kier alpha value is -3.69. The SMILES string of the molecule is CC.CC(N)C(=O)N[C@H](Cc1c[nH]c2ccccc12)C(=O)N1CCC[C@@H](Cc2ccccc2)C1.CN(C)N(C)C=O. The van der Waals surface area contributed by atoms with Gasteiger partial charge in [-0.25, -0.2) is 5.01 Å². The molecule has 3 aromatic rings. The predicted octanol–water partition coefficient (Wildman–Crippen LogP) is 3.60. The van der Waals surface area contributed by atoms with Crippen LogP contribution in [0.4, 0.5) is 0 Å². The zero-order chi connectivity index (χ0) is 30.4. The van der Waals surface area contributed by atoms with Crippen LogP contribution in [0.5, 0.6) is 0 Å². The number of benzene rings is 2. The third-order valence-electron chi connectivity index (χ3n) is 7.11. The molecule has 0 saturated carbocycles. The number of aromatic nitrogens is 1. The molecule has 1 aliphatic heterocycles. The van der Waals surface area contributed by atoms with Gasteiger partial charge < -0.3 is 20.9 Å². The molecule has 1 unspecified atom stereocenters. The Balaban J connectivity index is 0.000000573. The van der Waals surface area contributed by atoms with Gasteiger partial charge in [-0.3, -0.25) is 19.4 Å². The van der Waals surface area contributed by atoms with Crippen LogP contribution in [0.3, 0.4) is 0 Å². The Morgan fingerprint density at radius 1 is 1.10 bits per heavy atom. The lowest BCUT2D eigenvalue weighted by molar-refractivity contribution is -0.138. The lowest BCUT2D eigenvalue weighted by Gasteiger charge is -2.35. The Morgan fingerprint density at radius 3 is 2.37 bits per heavy atom. The van der Waals surface area contributed by atoms with Gasteiger partial charge in [0.25, 0.3) is 0 Å². The van der Waals surface area contributed by atoms with Gasteiger partial charge in [-0.15, -0.1) is 0 Å². The number of piperidine rings is 1. The highest BCUT2D eigenvalue weighted by molar-refractivity contribution is 5.91. The monoisotopic (exact) mass is 564 g/mol. The molecule has 224 valence electrons. The van der Waals surface area contributed by atoms with Crippen LogP contribution in [0, 0.1) is 5.92 Å². The first-order valence-corrected chi connectivity index (χ1v) is 14.5. The fraction of sp³-hybridized carbons (Fsp3) is 0.469. The molecule has 2 aromatic carbocycles. The molecule has 0 bridgehead atoms. The van der Waals surface area contributed by atoms with Crippen molar-refractivity contribution in [2.75, 3.05) is 34.2 Å². The fourth-order valence-electron chi connectivity index (χ4n) is 4.72. The van der Waals surface area contributed by atoms with Gasteiger partial charge in [0.15, 0.2) is 0 Å². The van der Waals surface area contributed by atoms with Gasteiger partial charge >= 0.3 is 0 Å². The molecular formula is C32H48N6O3. The third kappa shape index (κ3) is 10.3.